The Morgan fingerprint density at radius 1 is 1.71 bits per heavy atom. The lowest BCUT2D eigenvalue weighted by molar-refractivity contribution is -0.131. The lowest BCUT2D eigenvalue weighted by atomic mass is 10.3. The zero-order valence-electron chi connectivity index (χ0n) is 10.1. The van der Waals surface area contributed by atoms with Crippen molar-refractivity contribution in [2.24, 2.45) is 0 Å². The van der Waals surface area contributed by atoms with Crippen molar-refractivity contribution in [1.29, 1.82) is 5.26 Å². The van der Waals surface area contributed by atoms with Crippen LogP contribution in [0.15, 0.2) is 18.5 Å². The summed E-state index contributed by atoms with van der Waals surface area (Å²) in [5.41, 5.74) is 0.927. The molecule has 6 heteroatoms. The first kappa shape index (κ1) is 12.9. The molecule has 17 heavy (non-hydrogen) atoms. The first-order chi connectivity index (χ1) is 8.06. The largest absolute Gasteiger partial charge is 0.337 e. The van der Waals surface area contributed by atoms with Gasteiger partial charge in [0.25, 0.3) is 5.82 Å². The Labute approximate surface area is 100 Å². The van der Waals surface area contributed by atoms with E-state index < -0.39 is 0 Å². The van der Waals surface area contributed by atoms with Crippen LogP contribution < -0.4 is 0 Å². The molecule has 0 aliphatic rings. The van der Waals surface area contributed by atoms with Gasteiger partial charge >= 0.3 is 0 Å². The minimum Gasteiger partial charge on any atom is -0.337 e. The number of aromatic nitrogens is 3. The number of hydrogen-bond acceptors (Lipinski definition) is 4. The summed E-state index contributed by atoms with van der Waals surface area (Å²) in [6.45, 7) is 8.80. The third kappa shape index (κ3) is 3.72. The van der Waals surface area contributed by atoms with Crippen LogP contribution in [0, 0.1) is 11.3 Å². The van der Waals surface area contributed by atoms with Gasteiger partial charge in [0.15, 0.2) is 0 Å². The molecule has 90 valence electrons. The maximum absolute atomic E-state index is 11.9. The maximum atomic E-state index is 11.9. The van der Waals surface area contributed by atoms with Crippen LogP contribution in [0.3, 0.4) is 0 Å². The number of rotatable bonds is 5. The van der Waals surface area contributed by atoms with Crippen molar-refractivity contribution < 1.29 is 4.79 Å². The van der Waals surface area contributed by atoms with E-state index in [4.69, 9.17) is 5.26 Å². The molecular formula is C11H15N5O. The fourth-order valence-electron chi connectivity index (χ4n) is 1.36. The lowest BCUT2D eigenvalue weighted by Gasteiger charge is -2.20. The normalized spacial score (nSPS) is 9.71. The van der Waals surface area contributed by atoms with E-state index in [9.17, 15) is 4.79 Å². The summed E-state index contributed by atoms with van der Waals surface area (Å²) in [7, 11) is 0. The summed E-state index contributed by atoms with van der Waals surface area (Å²) >= 11 is 0. The van der Waals surface area contributed by atoms with Crippen molar-refractivity contribution in [3.8, 4) is 6.07 Å². The maximum Gasteiger partial charge on any atom is 0.252 e. The van der Waals surface area contributed by atoms with Crippen molar-refractivity contribution in [3.63, 3.8) is 0 Å². The minimum absolute atomic E-state index is 0.0649. The summed E-state index contributed by atoms with van der Waals surface area (Å²) < 4.78 is 1.36. The lowest BCUT2D eigenvalue weighted by Crippen LogP contribution is -2.35. The molecule has 1 amide bonds. The fraction of sp³-hybridized carbons (Fsp3) is 0.455. The van der Waals surface area contributed by atoms with Gasteiger partial charge in [-0.25, -0.2) is 9.67 Å². The number of amides is 1. The van der Waals surface area contributed by atoms with Gasteiger partial charge in [-0.3, -0.25) is 4.79 Å². The van der Waals surface area contributed by atoms with Gasteiger partial charge in [-0.1, -0.05) is 12.2 Å². The summed E-state index contributed by atoms with van der Waals surface area (Å²) in [6, 6.07) is 1.81. The Morgan fingerprint density at radius 2 is 2.41 bits per heavy atom. The average molecular weight is 233 g/mol. The number of likely N-dealkylation sites (N-methyl/N-ethyl adjacent to an activating group) is 1. The number of carbonyl (C=O) groups is 1. The van der Waals surface area contributed by atoms with Crippen LogP contribution in [0.25, 0.3) is 0 Å². The molecule has 0 spiro atoms. The van der Waals surface area contributed by atoms with Crippen LogP contribution in [-0.4, -0.2) is 38.7 Å². The Hall–Kier alpha value is -2.16. The highest BCUT2D eigenvalue weighted by molar-refractivity contribution is 5.76. The average Bonchev–Trinajstić information content (AvgIpc) is 2.73. The van der Waals surface area contributed by atoms with Crippen LogP contribution in [0.1, 0.15) is 19.7 Å². The summed E-state index contributed by atoms with van der Waals surface area (Å²) in [6.07, 6.45) is 1.38. The second kappa shape index (κ2) is 5.80. The molecule has 0 fully saturated rings. The molecule has 0 atom stereocenters. The number of hydrogen-bond donors (Lipinski definition) is 0. The zero-order valence-corrected chi connectivity index (χ0v) is 10.1. The second-order valence-electron chi connectivity index (χ2n) is 3.74. The Morgan fingerprint density at radius 3 is 2.88 bits per heavy atom. The van der Waals surface area contributed by atoms with E-state index >= 15 is 0 Å². The molecule has 0 saturated carbocycles. The number of carbonyl (C=O) groups excluding carboxylic acids is 1. The summed E-state index contributed by atoms with van der Waals surface area (Å²) in [5.74, 6) is 0.00522. The Kier molecular flexibility index (Phi) is 4.40. The standard InChI is InChI=1S/C11H15N5O/c1-4-15(6-9(2)3)11(17)7-16-8-13-10(5-12)14-16/h8H,2,4,6-7H2,1,3H3. The molecule has 1 aromatic heterocycles. The van der Waals surface area contributed by atoms with Crippen molar-refractivity contribution in [2.75, 3.05) is 13.1 Å². The smallest absolute Gasteiger partial charge is 0.252 e. The van der Waals surface area contributed by atoms with Crippen LogP contribution in [0.2, 0.25) is 0 Å². The highest BCUT2D eigenvalue weighted by Gasteiger charge is 2.13. The molecule has 0 unspecified atom stereocenters. The van der Waals surface area contributed by atoms with E-state index in [1.165, 1.54) is 11.0 Å². The molecule has 0 aliphatic carbocycles. The first-order valence-electron chi connectivity index (χ1n) is 5.28. The SMILES string of the molecule is C=C(C)CN(CC)C(=O)Cn1cnc(C#N)n1. The van der Waals surface area contributed by atoms with Gasteiger partial charge in [0, 0.05) is 13.1 Å². The molecular weight excluding hydrogens is 218 g/mol. The van der Waals surface area contributed by atoms with E-state index in [1.807, 2.05) is 19.9 Å². The van der Waals surface area contributed by atoms with Crippen LogP contribution in [0.4, 0.5) is 0 Å². The van der Waals surface area contributed by atoms with Crippen LogP contribution >= 0.6 is 0 Å². The molecule has 1 rings (SSSR count). The molecule has 0 aliphatic heterocycles. The molecule has 1 heterocycles. The van der Waals surface area contributed by atoms with Crippen molar-refractivity contribution in [2.45, 2.75) is 20.4 Å². The molecule has 1 aromatic rings. The minimum atomic E-state index is -0.0649. The van der Waals surface area contributed by atoms with Gasteiger partial charge in [0.1, 0.15) is 18.9 Å². The summed E-state index contributed by atoms with van der Waals surface area (Å²) in [5, 5.41) is 12.4. The van der Waals surface area contributed by atoms with E-state index in [-0.39, 0.29) is 18.3 Å². The Bertz CT molecular complexity index is 457. The molecule has 0 radical (unpaired) electrons. The summed E-state index contributed by atoms with van der Waals surface area (Å²) in [4.78, 5) is 17.3. The highest BCUT2D eigenvalue weighted by atomic mass is 16.2. The first-order valence-corrected chi connectivity index (χ1v) is 5.28. The quantitative estimate of drug-likeness (QED) is 0.697. The topological polar surface area (TPSA) is 74.8 Å². The van der Waals surface area contributed by atoms with Crippen molar-refractivity contribution in [1.82, 2.24) is 19.7 Å². The molecule has 0 aromatic carbocycles. The van der Waals surface area contributed by atoms with Gasteiger partial charge in [-0.05, 0) is 13.8 Å². The second-order valence-corrected chi connectivity index (χ2v) is 3.74. The van der Waals surface area contributed by atoms with Crippen LogP contribution in [-0.2, 0) is 11.3 Å². The molecule has 0 N–H and O–H groups in total. The highest BCUT2D eigenvalue weighted by Crippen LogP contribution is 1.98. The number of nitriles is 1. The third-order valence-corrected chi connectivity index (χ3v) is 2.13. The van der Waals surface area contributed by atoms with Gasteiger partial charge in [-0.2, -0.15) is 5.26 Å². The molecule has 6 nitrogen and oxygen atoms in total. The van der Waals surface area contributed by atoms with Gasteiger partial charge < -0.3 is 4.90 Å². The van der Waals surface area contributed by atoms with Crippen molar-refractivity contribution in [3.05, 3.63) is 24.3 Å². The van der Waals surface area contributed by atoms with Gasteiger partial charge in [0.2, 0.25) is 5.91 Å². The van der Waals surface area contributed by atoms with Crippen molar-refractivity contribution >= 4 is 5.91 Å². The van der Waals surface area contributed by atoms with E-state index in [0.717, 1.165) is 5.57 Å². The van der Waals surface area contributed by atoms with Gasteiger partial charge in [0.05, 0.1) is 0 Å². The van der Waals surface area contributed by atoms with E-state index in [1.54, 1.807) is 4.90 Å². The Balaban J connectivity index is 2.64. The molecule has 0 bridgehead atoms. The predicted octanol–water partition coefficient (Wildman–Crippen LogP) is 0.574. The predicted molar refractivity (Wildman–Crippen MR) is 61.8 cm³/mol. The fourth-order valence-corrected chi connectivity index (χ4v) is 1.36. The van der Waals surface area contributed by atoms with E-state index in [0.29, 0.717) is 13.1 Å². The third-order valence-electron chi connectivity index (χ3n) is 2.13. The zero-order chi connectivity index (χ0) is 12.8. The van der Waals surface area contributed by atoms with Gasteiger partial charge in [-0.15, -0.1) is 5.10 Å². The number of nitrogens with zero attached hydrogens (tertiary/aromatic N) is 5. The monoisotopic (exact) mass is 233 g/mol. The molecule has 0 saturated heterocycles. The van der Waals surface area contributed by atoms with Crippen LogP contribution in [0.5, 0.6) is 0 Å². The van der Waals surface area contributed by atoms with E-state index in [2.05, 4.69) is 16.7 Å².